The van der Waals surface area contributed by atoms with Crippen LogP contribution in [0.15, 0.2) is 237 Å². The minimum Gasteiger partial charge on any atom is -0.310 e. The number of hydrogen-bond acceptors (Lipinski definition) is 2. The van der Waals surface area contributed by atoms with E-state index in [4.69, 9.17) is 0 Å². The Balaban J connectivity index is 1.12. The summed E-state index contributed by atoms with van der Waals surface area (Å²) in [6, 6.07) is 87.4. The SMILES string of the molecule is c1ccc(C2(c3ccccc3)c3ccccc3-c3ccc(N(c4ccc(-c5cccc6ccccc56)cc4)c4ccccc4-c4cccc5sc6ccccc6c45)cc32)cc1. The zero-order valence-corrected chi connectivity index (χ0v) is 34.2. The van der Waals surface area contributed by atoms with Crippen LogP contribution >= 0.6 is 11.3 Å². The smallest absolute Gasteiger partial charge is 0.0714 e. The molecule has 0 bridgehead atoms. The van der Waals surface area contributed by atoms with E-state index in [2.05, 4.69) is 241 Å². The van der Waals surface area contributed by atoms with Gasteiger partial charge in [-0.05, 0) is 103 Å². The van der Waals surface area contributed by atoms with Crippen molar-refractivity contribution in [3.63, 3.8) is 0 Å². The first kappa shape index (κ1) is 35.4. The Kier molecular flexibility index (Phi) is 8.33. The van der Waals surface area contributed by atoms with E-state index in [-0.39, 0.29) is 0 Å². The second-order valence-corrected chi connectivity index (χ2v) is 17.0. The van der Waals surface area contributed by atoms with Gasteiger partial charge in [-0.1, -0.05) is 194 Å². The topological polar surface area (TPSA) is 3.24 Å². The molecule has 12 rings (SSSR count). The lowest BCUT2D eigenvalue weighted by Gasteiger charge is -2.35. The van der Waals surface area contributed by atoms with Gasteiger partial charge >= 0.3 is 0 Å². The number of anilines is 3. The third-order valence-corrected chi connectivity index (χ3v) is 13.9. The van der Waals surface area contributed by atoms with E-state index in [9.17, 15) is 0 Å². The van der Waals surface area contributed by atoms with Crippen LogP contribution in [0.4, 0.5) is 17.1 Å². The van der Waals surface area contributed by atoms with Gasteiger partial charge in [-0.2, -0.15) is 0 Å². The van der Waals surface area contributed by atoms with Crippen molar-refractivity contribution in [3.8, 4) is 33.4 Å². The molecule has 10 aromatic carbocycles. The highest BCUT2D eigenvalue weighted by molar-refractivity contribution is 7.25. The van der Waals surface area contributed by atoms with E-state index < -0.39 is 5.41 Å². The molecule has 2 heteroatoms. The molecule has 1 aromatic heterocycles. The van der Waals surface area contributed by atoms with Crippen molar-refractivity contribution in [1.82, 2.24) is 0 Å². The van der Waals surface area contributed by atoms with Crippen LogP contribution < -0.4 is 4.90 Å². The second kappa shape index (κ2) is 14.3. The van der Waals surface area contributed by atoms with E-state index in [0.717, 1.165) is 17.1 Å². The summed E-state index contributed by atoms with van der Waals surface area (Å²) in [4.78, 5) is 2.49. The lowest BCUT2D eigenvalue weighted by molar-refractivity contribution is 0.768. The Hall–Kier alpha value is -7.52. The fourth-order valence-corrected chi connectivity index (χ4v) is 11.3. The van der Waals surface area contributed by atoms with Crippen molar-refractivity contribution in [3.05, 3.63) is 259 Å². The first-order valence-electron chi connectivity index (χ1n) is 21.0. The maximum atomic E-state index is 2.49. The molecular weight excluding hydrogens is 755 g/mol. The fourth-order valence-electron chi connectivity index (χ4n) is 10.2. The molecule has 0 fully saturated rings. The summed E-state index contributed by atoms with van der Waals surface area (Å²) in [5.41, 5.74) is 15.3. The molecule has 11 aromatic rings. The number of thiophene rings is 1. The van der Waals surface area contributed by atoms with Crippen LogP contribution in [0.5, 0.6) is 0 Å². The van der Waals surface area contributed by atoms with Crippen molar-refractivity contribution >= 4 is 59.3 Å². The molecule has 0 radical (unpaired) electrons. The van der Waals surface area contributed by atoms with Gasteiger partial charge in [-0.3, -0.25) is 0 Å². The molecule has 0 unspecified atom stereocenters. The van der Waals surface area contributed by atoms with E-state index in [1.165, 1.54) is 86.6 Å². The molecule has 0 N–H and O–H groups in total. The Morgan fingerprint density at radius 3 is 1.70 bits per heavy atom. The van der Waals surface area contributed by atoms with Crippen molar-refractivity contribution in [2.75, 3.05) is 4.90 Å². The number of fused-ring (bicyclic) bond motifs is 7. The minimum absolute atomic E-state index is 0.519. The van der Waals surface area contributed by atoms with Gasteiger partial charge in [0.2, 0.25) is 0 Å². The number of para-hydroxylation sites is 1. The first-order valence-corrected chi connectivity index (χ1v) is 21.8. The summed E-state index contributed by atoms with van der Waals surface area (Å²) in [5.74, 6) is 0. The number of rotatable bonds is 7. The van der Waals surface area contributed by atoms with E-state index >= 15 is 0 Å². The third-order valence-electron chi connectivity index (χ3n) is 12.8. The Morgan fingerprint density at radius 2 is 0.902 bits per heavy atom. The van der Waals surface area contributed by atoms with Gasteiger partial charge < -0.3 is 4.90 Å². The highest BCUT2D eigenvalue weighted by Crippen LogP contribution is 2.57. The number of nitrogens with zero attached hydrogens (tertiary/aromatic N) is 1. The molecule has 0 saturated carbocycles. The predicted octanol–water partition coefficient (Wildman–Crippen LogP) is 16.4. The average Bonchev–Trinajstić information content (AvgIpc) is 3.86. The summed E-state index contributed by atoms with van der Waals surface area (Å²) in [7, 11) is 0. The van der Waals surface area contributed by atoms with Gasteiger partial charge in [-0.15, -0.1) is 11.3 Å². The molecule has 0 spiro atoms. The maximum Gasteiger partial charge on any atom is 0.0714 e. The monoisotopic (exact) mass is 793 g/mol. The van der Waals surface area contributed by atoms with Crippen LogP contribution in [0.3, 0.4) is 0 Å². The largest absolute Gasteiger partial charge is 0.310 e. The van der Waals surface area contributed by atoms with Crippen LogP contribution in [0.2, 0.25) is 0 Å². The van der Waals surface area contributed by atoms with Gasteiger partial charge in [0.05, 0.1) is 11.1 Å². The lowest BCUT2D eigenvalue weighted by Crippen LogP contribution is -2.28. The molecule has 1 aliphatic rings. The van der Waals surface area contributed by atoms with Gasteiger partial charge in [0, 0.05) is 37.1 Å². The van der Waals surface area contributed by atoms with Crippen LogP contribution in [-0.4, -0.2) is 0 Å². The first-order chi connectivity index (χ1) is 30.3. The third kappa shape index (κ3) is 5.53. The summed E-state index contributed by atoms with van der Waals surface area (Å²) in [6.07, 6.45) is 0. The lowest BCUT2D eigenvalue weighted by atomic mass is 9.67. The zero-order chi connectivity index (χ0) is 40.3. The standard InChI is InChI=1S/C59H39NS/c1-3-19-42(20-4-1)59(43-21-5-2-6-22-43)53-29-12-9-24-48(53)49-38-37-45(39-54(49)59)60(44-35-33-41(34-36-44)47-27-15-18-40-17-7-8-23-46(40)47)55-30-13-10-25-50(55)51-28-16-32-57-58(51)52-26-11-14-31-56(52)61-57/h1-39H. The number of benzene rings is 10. The summed E-state index contributed by atoms with van der Waals surface area (Å²) in [5, 5.41) is 5.10. The summed E-state index contributed by atoms with van der Waals surface area (Å²) >= 11 is 1.87. The highest BCUT2D eigenvalue weighted by atomic mass is 32.1. The summed E-state index contributed by atoms with van der Waals surface area (Å²) < 4.78 is 2.60. The molecule has 1 aliphatic carbocycles. The maximum absolute atomic E-state index is 2.49. The molecule has 0 aliphatic heterocycles. The Labute approximate surface area is 360 Å². The molecule has 61 heavy (non-hydrogen) atoms. The van der Waals surface area contributed by atoms with E-state index in [0.29, 0.717) is 0 Å². The normalized spacial score (nSPS) is 12.7. The van der Waals surface area contributed by atoms with Gasteiger partial charge in [0.1, 0.15) is 0 Å². The van der Waals surface area contributed by atoms with Crippen LogP contribution in [-0.2, 0) is 5.41 Å². The molecule has 286 valence electrons. The van der Waals surface area contributed by atoms with Crippen molar-refractivity contribution in [2.24, 2.45) is 0 Å². The second-order valence-electron chi connectivity index (χ2n) is 16.0. The van der Waals surface area contributed by atoms with Crippen molar-refractivity contribution in [2.45, 2.75) is 5.41 Å². The minimum atomic E-state index is -0.519. The van der Waals surface area contributed by atoms with Gasteiger partial charge in [0.15, 0.2) is 0 Å². The molecule has 1 nitrogen and oxygen atoms in total. The molecule has 0 atom stereocenters. The van der Waals surface area contributed by atoms with Crippen molar-refractivity contribution < 1.29 is 0 Å². The highest BCUT2D eigenvalue weighted by Gasteiger charge is 2.46. The predicted molar refractivity (Wildman–Crippen MR) is 260 cm³/mol. The Morgan fingerprint density at radius 1 is 0.344 bits per heavy atom. The Bertz CT molecular complexity index is 3370. The number of hydrogen-bond donors (Lipinski definition) is 0. The molecule has 0 amide bonds. The fraction of sp³-hybridized carbons (Fsp3) is 0.0169. The molecule has 1 heterocycles. The van der Waals surface area contributed by atoms with Gasteiger partial charge in [0.25, 0.3) is 0 Å². The van der Waals surface area contributed by atoms with Crippen molar-refractivity contribution in [1.29, 1.82) is 0 Å². The van der Waals surface area contributed by atoms with Crippen LogP contribution in [0, 0.1) is 0 Å². The summed E-state index contributed by atoms with van der Waals surface area (Å²) in [6.45, 7) is 0. The van der Waals surface area contributed by atoms with Crippen LogP contribution in [0.25, 0.3) is 64.3 Å². The van der Waals surface area contributed by atoms with Crippen LogP contribution in [0.1, 0.15) is 22.3 Å². The quantitative estimate of drug-likeness (QED) is 0.155. The van der Waals surface area contributed by atoms with E-state index in [1.807, 2.05) is 11.3 Å². The average molecular weight is 794 g/mol. The van der Waals surface area contributed by atoms with Gasteiger partial charge in [-0.25, -0.2) is 0 Å². The van der Waals surface area contributed by atoms with E-state index in [1.54, 1.807) is 0 Å². The zero-order valence-electron chi connectivity index (χ0n) is 33.4. The molecule has 0 saturated heterocycles. The molecular formula is C59H39NS.